The fraction of sp³-hybridized carbons (Fsp3) is 0.100. The molecule has 7 nitrogen and oxygen atoms in total. The summed E-state index contributed by atoms with van der Waals surface area (Å²) < 4.78 is 5.75. The van der Waals surface area contributed by atoms with E-state index in [1.54, 1.807) is 30.3 Å². The maximum atomic E-state index is 12.4. The van der Waals surface area contributed by atoms with Gasteiger partial charge in [-0.15, -0.1) is 0 Å². The fourth-order valence-electron chi connectivity index (χ4n) is 2.52. The summed E-state index contributed by atoms with van der Waals surface area (Å²) in [4.78, 5) is 27.1. The zero-order chi connectivity index (χ0) is 19.1. The van der Waals surface area contributed by atoms with Gasteiger partial charge in [0.2, 0.25) is 5.91 Å². The third-order valence-electron chi connectivity index (χ3n) is 3.80. The van der Waals surface area contributed by atoms with Crippen molar-refractivity contribution in [2.24, 2.45) is 0 Å². The van der Waals surface area contributed by atoms with E-state index >= 15 is 0 Å². The number of nitro groups is 1. The summed E-state index contributed by atoms with van der Waals surface area (Å²) in [5.41, 5.74) is 1.23. The molecule has 0 aliphatic carbocycles. The normalized spacial score (nSPS) is 10.2. The lowest BCUT2D eigenvalue weighted by molar-refractivity contribution is -0.385. The summed E-state index contributed by atoms with van der Waals surface area (Å²) in [6, 6.07) is 19.2. The molecule has 0 aliphatic rings. The second-order valence-corrected chi connectivity index (χ2v) is 5.74. The van der Waals surface area contributed by atoms with Crippen molar-refractivity contribution in [3.05, 3.63) is 94.2 Å². The zero-order valence-corrected chi connectivity index (χ0v) is 14.4. The number of nitrogens with zero attached hydrogens (tertiary/aromatic N) is 2. The molecule has 7 heteroatoms. The Kier molecular flexibility index (Phi) is 5.73. The van der Waals surface area contributed by atoms with Crippen molar-refractivity contribution < 1.29 is 14.5 Å². The number of hydrogen-bond acceptors (Lipinski definition) is 5. The van der Waals surface area contributed by atoms with Crippen LogP contribution in [0.4, 0.5) is 11.5 Å². The maximum absolute atomic E-state index is 12.4. The number of ether oxygens (including phenoxy) is 1. The highest BCUT2D eigenvalue weighted by atomic mass is 16.6. The number of carbonyl (C=O) groups is 1. The third-order valence-corrected chi connectivity index (χ3v) is 3.80. The molecule has 2 aromatic carbocycles. The SMILES string of the molecule is O=C(Cc1ccccc1[N+](=O)[O-])Nc1ncccc1OCc1ccccc1. The smallest absolute Gasteiger partial charge is 0.273 e. The Labute approximate surface area is 155 Å². The van der Waals surface area contributed by atoms with E-state index in [1.165, 1.54) is 12.3 Å². The van der Waals surface area contributed by atoms with Gasteiger partial charge < -0.3 is 10.1 Å². The molecule has 1 heterocycles. The van der Waals surface area contributed by atoms with Crippen LogP contribution in [0.5, 0.6) is 5.75 Å². The Morgan fingerprint density at radius 1 is 1.04 bits per heavy atom. The number of aromatic nitrogens is 1. The van der Waals surface area contributed by atoms with E-state index in [2.05, 4.69) is 10.3 Å². The van der Waals surface area contributed by atoms with Gasteiger partial charge in [-0.25, -0.2) is 4.98 Å². The highest BCUT2D eigenvalue weighted by Crippen LogP contribution is 2.23. The van der Waals surface area contributed by atoms with Gasteiger partial charge in [-0.3, -0.25) is 14.9 Å². The summed E-state index contributed by atoms with van der Waals surface area (Å²) in [5, 5.41) is 13.7. The van der Waals surface area contributed by atoms with Crippen molar-refractivity contribution in [3.63, 3.8) is 0 Å². The van der Waals surface area contributed by atoms with E-state index < -0.39 is 10.8 Å². The summed E-state index contributed by atoms with van der Waals surface area (Å²) in [5.74, 6) is 0.293. The first-order chi connectivity index (χ1) is 13.1. The number of carbonyl (C=O) groups excluding carboxylic acids is 1. The molecule has 0 bridgehead atoms. The summed E-state index contributed by atoms with van der Waals surface area (Å²) in [6.07, 6.45) is 1.40. The van der Waals surface area contributed by atoms with Crippen molar-refractivity contribution in [1.82, 2.24) is 4.98 Å². The Balaban J connectivity index is 1.69. The lowest BCUT2D eigenvalue weighted by atomic mass is 10.1. The monoisotopic (exact) mass is 363 g/mol. The predicted molar refractivity (Wildman–Crippen MR) is 100 cm³/mol. The van der Waals surface area contributed by atoms with Crippen LogP contribution in [0.1, 0.15) is 11.1 Å². The van der Waals surface area contributed by atoms with Gasteiger partial charge >= 0.3 is 0 Å². The maximum Gasteiger partial charge on any atom is 0.273 e. The van der Waals surface area contributed by atoms with Gasteiger partial charge in [-0.2, -0.15) is 0 Å². The average Bonchev–Trinajstić information content (AvgIpc) is 2.68. The average molecular weight is 363 g/mol. The number of rotatable bonds is 7. The van der Waals surface area contributed by atoms with Crippen LogP contribution in [0, 0.1) is 10.1 Å². The molecule has 0 unspecified atom stereocenters. The Morgan fingerprint density at radius 2 is 1.78 bits per heavy atom. The number of hydrogen-bond donors (Lipinski definition) is 1. The van der Waals surface area contributed by atoms with Gasteiger partial charge in [0.05, 0.1) is 11.3 Å². The van der Waals surface area contributed by atoms with Crippen LogP contribution in [-0.2, 0) is 17.8 Å². The van der Waals surface area contributed by atoms with E-state index in [4.69, 9.17) is 4.74 Å². The topological polar surface area (TPSA) is 94.4 Å². The molecular weight excluding hydrogens is 346 g/mol. The van der Waals surface area contributed by atoms with E-state index in [-0.39, 0.29) is 17.9 Å². The first-order valence-corrected chi connectivity index (χ1v) is 8.27. The lowest BCUT2D eigenvalue weighted by Crippen LogP contribution is -2.17. The van der Waals surface area contributed by atoms with Gasteiger partial charge in [0, 0.05) is 17.8 Å². The number of pyridine rings is 1. The van der Waals surface area contributed by atoms with E-state index in [0.717, 1.165) is 5.56 Å². The Hall–Kier alpha value is -3.74. The molecule has 3 aromatic rings. The number of nitro benzene ring substituents is 1. The molecular formula is C20H17N3O4. The number of amides is 1. The molecule has 1 amide bonds. The third kappa shape index (κ3) is 4.88. The Bertz CT molecular complexity index is 945. The molecule has 3 rings (SSSR count). The zero-order valence-electron chi connectivity index (χ0n) is 14.4. The number of anilines is 1. The van der Waals surface area contributed by atoms with Crippen molar-refractivity contribution in [3.8, 4) is 5.75 Å². The summed E-state index contributed by atoms with van der Waals surface area (Å²) in [7, 11) is 0. The van der Waals surface area contributed by atoms with Crippen molar-refractivity contribution in [2.45, 2.75) is 13.0 Å². The van der Waals surface area contributed by atoms with Gasteiger partial charge in [0.15, 0.2) is 11.6 Å². The van der Waals surface area contributed by atoms with Crippen LogP contribution in [0.15, 0.2) is 72.9 Å². The van der Waals surface area contributed by atoms with Crippen LogP contribution in [-0.4, -0.2) is 15.8 Å². The van der Waals surface area contributed by atoms with E-state index in [1.807, 2.05) is 30.3 Å². The van der Waals surface area contributed by atoms with Crippen molar-refractivity contribution in [2.75, 3.05) is 5.32 Å². The second-order valence-electron chi connectivity index (χ2n) is 5.74. The number of nitrogens with one attached hydrogen (secondary N) is 1. The standard InChI is InChI=1S/C20H17N3O4/c24-19(13-16-9-4-5-10-17(16)23(25)26)22-20-18(11-6-12-21-20)27-14-15-7-2-1-3-8-15/h1-12H,13-14H2,(H,21,22,24). The van der Waals surface area contributed by atoms with Gasteiger partial charge in [-0.05, 0) is 17.7 Å². The summed E-state index contributed by atoms with van der Waals surface area (Å²) in [6.45, 7) is 0.333. The molecule has 0 aliphatic heterocycles. The fourth-order valence-corrected chi connectivity index (χ4v) is 2.52. The molecule has 136 valence electrons. The van der Waals surface area contributed by atoms with Crippen LogP contribution in [0.2, 0.25) is 0 Å². The van der Waals surface area contributed by atoms with Gasteiger partial charge in [0.25, 0.3) is 5.69 Å². The minimum atomic E-state index is -0.502. The Morgan fingerprint density at radius 3 is 2.56 bits per heavy atom. The summed E-state index contributed by atoms with van der Waals surface area (Å²) >= 11 is 0. The molecule has 0 spiro atoms. The number of benzene rings is 2. The van der Waals surface area contributed by atoms with Crippen LogP contribution >= 0.6 is 0 Å². The van der Waals surface area contributed by atoms with Crippen LogP contribution < -0.4 is 10.1 Å². The van der Waals surface area contributed by atoms with E-state index in [9.17, 15) is 14.9 Å². The minimum absolute atomic E-state index is 0.0887. The van der Waals surface area contributed by atoms with E-state index in [0.29, 0.717) is 17.9 Å². The largest absolute Gasteiger partial charge is 0.485 e. The van der Waals surface area contributed by atoms with Gasteiger partial charge in [-0.1, -0.05) is 48.5 Å². The quantitative estimate of drug-likeness (QED) is 0.509. The predicted octanol–water partition coefficient (Wildman–Crippen LogP) is 3.75. The first-order valence-electron chi connectivity index (χ1n) is 8.27. The molecule has 0 fully saturated rings. The molecule has 1 N–H and O–H groups in total. The van der Waals surface area contributed by atoms with Crippen molar-refractivity contribution >= 4 is 17.4 Å². The van der Waals surface area contributed by atoms with Crippen molar-refractivity contribution in [1.29, 1.82) is 0 Å². The van der Waals surface area contributed by atoms with Crippen LogP contribution in [0.25, 0.3) is 0 Å². The van der Waals surface area contributed by atoms with Gasteiger partial charge in [0.1, 0.15) is 6.61 Å². The van der Waals surface area contributed by atoms with Crippen LogP contribution in [0.3, 0.4) is 0 Å². The number of para-hydroxylation sites is 1. The molecule has 0 atom stereocenters. The molecule has 27 heavy (non-hydrogen) atoms. The molecule has 0 saturated carbocycles. The molecule has 0 saturated heterocycles. The molecule has 0 radical (unpaired) electrons. The molecule has 1 aromatic heterocycles. The highest BCUT2D eigenvalue weighted by molar-refractivity contribution is 5.93. The lowest BCUT2D eigenvalue weighted by Gasteiger charge is -2.11. The minimum Gasteiger partial charge on any atom is -0.485 e. The highest BCUT2D eigenvalue weighted by Gasteiger charge is 2.17. The first kappa shape index (κ1) is 18.1. The second kappa shape index (κ2) is 8.57.